The number of hydrogen-bond acceptors (Lipinski definition) is 5. The van der Waals surface area contributed by atoms with E-state index in [2.05, 4.69) is 45.1 Å². The Balaban J connectivity index is 1.59. The second-order valence-corrected chi connectivity index (χ2v) is 10.3. The van der Waals surface area contributed by atoms with Gasteiger partial charge in [0.15, 0.2) is 11.2 Å². The standard InChI is InChI=1S/C26H31N5O2S/c1-18(2)10-13-30-22(16-29-12-6-9-21(29)20-11-14-34-17-20)27-24-23(30)25(32)28-26(33)31(24)15-19-7-4-3-5-8-19/h3-5,7-8,11,14,17-18,21H,6,9-10,12-13,15-16H2,1-2H3,(H,28,32,33). The van der Waals surface area contributed by atoms with Gasteiger partial charge in [0.2, 0.25) is 0 Å². The Hall–Kier alpha value is -2.97. The molecule has 4 heterocycles. The summed E-state index contributed by atoms with van der Waals surface area (Å²) >= 11 is 1.73. The summed E-state index contributed by atoms with van der Waals surface area (Å²) in [6.07, 6.45) is 3.21. The van der Waals surface area contributed by atoms with Gasteiger partial charge in [0, 0.05) is 12.6 Å². The van der Waals surface area contributed by atoms with Crippen LogP contribution in [0.4, 0.5) is 0 Å². The molecule has 1 N–H and O–H groups in total. The van der Waals surface area contributed by atoms with E-state index in [9.17, 15) is 9.59 Å². The zero-order valence-corrected chi connectivity index (χ0v) is 20.6. The number of H-pyrrole nitrogens is 1. The summed E-state index contributed by atoms with van der Waals surface area (Å²) < 4.78 is 3.65. The molecular weight excluding hydrogens is 446 g/mol. The molecule has 1 saturated heterocycles. The lowest BCUT2D eigenvalue weighted by molar-refractivity contribution is 0.239. The van der Waals surface area contributed by atoms with Crippen LogP contribution in [0.1, 0.15) is 56.1 Å². The number of aryl methyl sites for hydroxylation is 1. The van der Waals surface area contributed by atoms with Crippen molar-refractivity contribution < 1.29 is 0 Å². The van der Waals surface area contributed by atoms with Gasteiger partial charge in [-0.25, -0.2) is 9.78 Å². The molecule has 7 nitrogen and oxygen atoms in total. The monoisotopic (exact) mass is 477 g/mol. The zero-order valence-electron chi connectivity index (χ0n) is 19.7. The van der Waals surface area contributed by atoms with Crippen LogP contribution < -0.4 is 11.2 Å². The number of imidazole rings is 1. The van der Waals surface area contributed by atoms with E-state index in [-0.39, 0.29) is 5.56 Å². The first-order valence-corrected chi connectivity index (χ1v) is 13.0. The Morgan fingerprint density at radius 2 is 1.94 bits per heavy atom. The molecule has 1 atom stereocenters. The first kappa shape index (κ1) is 22.8. The van der Waals surface area contributed by atoms with E-state index in [1.54, 1.807) is 15.9 Å². The second-order valence-electron chi connectivity index (χ2n) is 9.55. The number of aromatic nitrogens is 4. The summed E-state index contributed by atoms with van der Waals surface area (Å²) in [5.74, 6) is 1.35. The van der Waals surface area contributed by atoms with Crippen molar-refractivity contribution in [1.29, 1.82) is 0 Å². The molecule has 1 aliphatic heterocycles. The van der Waals surface area contributed by atoms with E-state index in [0.717, 1.165) is 37.2 Å². The maximum Gasteiger partial charge on any atom is 0.330 e. The van der Waals surface area contributed by atoms with E-state index < -0.39 is 5.69 Å². The molecule has 0 amide bonds. The van der Waals surface area contributed by atoms with Gasteiger partial charge in [-0.05, 0) is 59.7 Å². The molecule has 1 aromatic carbocycles. The van der Waals surface area contributed by atoms with Gasteiger partial charge in [-0.3, -0.25) is 19.2 Å². The Morgan fingerprint density at radius 3 is 2.68 bits per heavy atom. The summed E-state index contributed by atoms with van der Waals surface area (Å²) in [5.41, 5.74) is 2.54. The fourth-order valence-corrected chi connectivity index (χ4v) is 5.63. The number of aromatic amines is 1. The third-order valence-corrected chi connectivity index (χ3v) is 7.42. The van der Waals surface area contributed by atoms with E-state index >= 15 is 0 Å². The summed E-state index contributed by atoms with van der Waals surface area (Å²) in [6.45, 7) is 7.10. The lowest BCUT2D eigenvalue weighted by atomic mass is 10.1. The first-order chi connectivity index (χ1) is 16.5. The molecular formula is C26H31N5O2S. The average Bonchev–Trinajstić information content (AvgIpc) is 3.56. The summed E-state index contributed by atoms with van der Waals surface area (Å²) in [6, 6.07) is 12.4. The molecule has 4 aromatic rings. The highest BCUT2D eigenvalue weighted by Crippen LogP contribution is 2.34. The number of likely N-dealkylation sites (tertiary alicyclic amines) is 1. The van der Waals surface area contributed by atoms with E-state index in [0.29, 0.717) is 42.8 Å². The quantitative estimate of drug-likeness (QED) is 0.409. The molecule has 34 heavy (non-hydrogen) atoms. The molecule has 1 aliphatic rings. The van der Waals surface area contributed by atoms with Gasteiger partial charge in [0.05, 0.1) is 13.1 Å². The van der Waals surface area contributed by atoms with Crippen molar-refractivity contribution in [2.24, 2.45) is 5.92 Å². The number of hydrogen-bond donors (Lipinski definition) is 1. The molecule has 0 radical (unpaired) electrons. The van der Waals surface area contributed by atoms with Gasteiger partial charge in [-0.2, -0.15) is 11.3 Å². The highest BCUT2D eigenvalue weighted by Gasteiger charge is 2.29. The molecule has 0 spiro atoms. The Labute approximate surface area is 202 Å². The summed E-state index contributed by atoms with van der Waals surface area (Å²) in [5, 5.41) is 4.36. The number of rotatable bonds is 8. The molecule has 0 bridgehead atoms. The summed E-state index contributed by atoms with van der Waals surface area (Å²) in [4.78, 5) is 35.8. The molecule has 178 valence electrons. The van der Waals surface area contributed by atoms with Crippen LogP contribution in [0.3, 0.4) is 0 Å². The molecule has 0 aliphatic carbocycles. The first-order valence-electron chi connectivity index (χ1n) is 12.0. The molecule has 5 rings (SSSR count). The van der Waals surface area contributed by atoms with Gasteiger partial charge in [0.1, 0.15) is 5.82 Å². The third kappa shape index (κ3) is 4.52. The largest absolute Gasteiger partial charge is 0.330 e. The SMILES string of the molecule is CC(C)CCn1c(CN2CCCC2c2ccsc2)nc2c1c(=O)[nH]c(=O)n2Cc1ccccc1. The lowest BCUT2D eigenvalue weighted by Crippen LogP contribution is -2.31. The maximum absolute atomic E-state index is 13.0. The van der Waals surface area contributed by atoms with Crippen LogP contribution in [-0.4, -0.2) is 30.5 Å². The van der Waals surface area contributed by atoms with E-state index in [1.807, 2.05) is 30.3 Å². The van der Waals surface area contributed by atoms with Crippen LogP contribution in [0.25, 0.3) is 11.2 Å². The van der Waals surface area contributed by atoms with Crippen LogP contribution in [0.2, 0.25) is 0 Å². The zero-order chi connectivity index (χ0) is 23.7. The van der Waals surface area contributed by atoms with Crippen molar-refractivity contribution >= 4 is 22.5 Å². The minimum absolute atomic E-state index is 0.359. The van der Waals surface area contributed by atoms with Crippen LogP contribution in [0, 0.1) is 5.92 Å². The summed E-state index contributed by atoms with van der Waals surface area (Å²) in [7, 11) is 0. The van der Waals surface area contributed by atoms with Gasteiger partial charge < -0.3 is 4.57 Å². The van der Waals surface area contributed by atoms with Crippen molar-refractivity contribution in [3.63, 3.8) is 0 Å². The Kier molecular flexibility index (Phi) is 6.52. The minimum Gasteiger partial charge on any atom is -0.321 e. The Morgan fingerprint density at radius 1 is 1.12 bits per heavy atom. The van der Waals surface area contributed by atoms with Crippen molar-refractivity contribution in [3.05, 3.63) is 84.9 Å². The molecule has 1 unspecified atom stereocenters. The van der Waals surface area contributed by atoms with Crippen LogP contribution >= 0.6 is 11.3 Å². The lowest BCUT2D eigenvalue weighted by Gasteiger charge is -2.24. The van der Waals surface area contributed by atoms with Crippen molar-refractivity contribution in [3.8, 4) is 0 Å². The smallest absolute Gasteiger partial charge is 0.321 e. The predicted molar refractivity (Wildman–Crippen MR) is 136 cm³/mol. The second kappa shape index (κ2) is 9.72. The molecule has 3 aromatic heterocycles. The topological polar surface area (TPSA) is 75.9 Å². The van der Waals surface area contributed by atoms with Gasteiger partial charge >= 0.3 is 5.69 Å². The highest BCUT2D eigenvalue weighted by atomic mass is 32.1. The number of thiophene rings is 1. The fourth-order valence-electron chi connectivity index (χ4n) is 4.92. The van der Waals surface area contributed by atoms with Crippen LogP contribution in [0.15, 0.2) is 56.7 Å². The Bertz CT molecular complexity index is 1370. The van der Waals surface area contributed by atoms with Crippen molar-refractivity contribution in [2.45, 2.75) is 58.8 Å². The van der Waals surface area contributed by atoms with Crippen molar-refractivity contribution in [2.75, 3.05) is 6.54 Å². The minimum atomic E-state index is -0.418. The molecule has 1 fully saturated rings. The molecule has 8 heteroatoms. The van der Waals surface area contributed by atoms with Crippen molar-refractivity contribution in [1.82, 2.24) is 24.0 Å². The van der Waals surface area contributed by atoms with Crippen LogP contribution in [-0.2, 0) is 19.6 Å². The predicted octanol–water partition coefficient (Wildman–Crippen LogP) is 4.38. The van der Waals surface area contributed by atoms with E-state index in [1.165, 1.54) is 5.56 Å². The van der Waals surface area contributed by atoms with Gasteiger partial charge in [0.25, 0.3) is 5.56 Å². The third-order valence-electron chi connectivity index (χ3n) is 6.71. The maximum atomic E-state index is 13.0. The number of nitrogens with zero attached hydrogens (tertiary/aromatic N) is 4. The van der Waals surface area contributed by atoms with E-state index in [4.69, 9.17) is 4.98 Å². The normalized spacial score (nSPS) is 16.7. The average molecular weight is 478 g/mol. The van der Waals surface area contributed by atoms with Gasteiger partial charge in [-0.15, -0.1) is 0 Å². The molecule has 0 saturated carbocycles. The number of fused-ring (bicyclic) bond motifs is 1. The fraction of sp³-hybridized carbons (Fsp3) is 0.423. The van der Waals surface area contributed by atoms with Gasteiger partial charge in [-0.1, -0.05) is 44.2 Å². The highest BCUT2D eigenvalue weighted by molar-refractivity contribution is 7.07. The number of nitrogens with one attached hydrogen (secondary N) is 1. The van der Waals surface area contributed by atoms with Crippen LogP contribution in [0.5, 0.6) is 0 Å². The number of benzene rings is 1.